The van der Waals surface area contributed by atoms with Gasteiger partial charge in [0.15, 0.2) is 0 Å². The number of carbonyl (C=O) groups excluding carboxylic acids is 1. The van der Waals surface area contributed by atoms with Gasteiger partial charge >= 0.3 is 0 Å². The number of rotatable bonds is 5. The number of benzene rings is 2. The maximum atomic E-state index is 11.7. The standard InChI is InChI=1S/C15H17BrN2O/c1-17-8-2-3-15(19)18-14-7-5-11-9-13(16)6-4-12(11)10-14/h4-7,9-10,17H,2-3,8H2,1H3,(H,18,19). The molecule has 2 aromatic rings. The van der Waals surface area contributed by atoms with E-state index in [1.807, 2.05) is 37.4 Å². The van der Waals surface area contributed by atoms with E-state index in [9.17, 15) is 4.79 Å². The molecular formula is C15H17BrN2O. The smallest absolute Gasteiger partial charge is 0.224 e. The molecule has 0 heterocycles. The minimum Gasteiger partial charge on any atom is -0.326 e. The van der Waals surface area contributed by atoms with Crippen molar-refractivity contribution in [3.63, 3.8) is 0 Å². The summed E-state index contributed by atoms with van der Waals surface area (Å²) in [7, 11) is 1.89. The summed E-state index contributed by atoms with van der Waals surface area (Å²) in [5.74, 6) is 0.0618. The second-order valence-electron chi connectivity index (χ2n) is 4.46. The first-order chi connectivity index (χ1) is 9.19. The lowest BCUT2D eigenvalue weighted by Crippen LogP contribution is -2.15. The molecule has 19 heavy (non-hydrogen) atoms. The van der Waals surface area contributed by atoms with E-state index in [-0.39, 0.29) is 5.91 Å². The second-order valence-corrected chi connectivity index (χ2v) is 5.38. The zero-order valence-corrected chi connectivity index (χ0v) is 12.5. The Hall–Kier alpha value is -1.39. The Balaban J connectivity index is 2.05. The fourth-order valence-electron chi connectivity index (χ4n) is 1.94. The monoisotopic (exact) mass is 320 g/mol. The SMILES string of the molecule is CNCCCC(=O)Nc1ccc2cc(Br)ccc2c1. The molecule has 2 aromatic carbocycles. The molecule has 4 heteroatoms. The molecule has 0 saturated heterocycles. The highest BCUT2D eigenvalue weighted by atomic mass is 79.9. The van der Waals surface area contributed by atoms with E-state index in [4.69, 9.17) is 0 Å². The van der Waals surface area contributed by atoms with Crippen LogP contribution in [0.25, 0.3) is 10.8 Å². The van der Waals surface area contributed by atoms with Crippen LogP contribution in [0.5, 0.6) is 0 Å². The summed E-state index contributed by atoms with van der Waals surface area (Å²) >= 11 is 3.45. The van der Waals surface area contributed by atoms with Crippen molar-refractivity contribution in [1.82, 2.24) is 5.32 Å². The van der Waals surface area contributed by atoms with E-state index in [2.05, 4.69) is 32.6 Å². The highest BCUT2D eigenvalue weighted by molar-refractivity contribution is 9.10. The van der Waals surface area contributed by atoms with Gasteiger partial charge < -0.3 is 10.6 Å². The van der Waals surface area contributed by atoms with Crippen LogP contribution in [0.2, 0.25) is 0 Å². The van der Waals surface area contributed by atoms with E-state index >= 15 is 0 Å². The van der Waals surface area contributed by atoms with Gasteiger partial charge in [0, 0.05) is 16.6 Å². The van der Waals surface area contributed by atoms with Gasteiger partial charge in [0.1, 0.15) is 0 Å². The van der Waals surface area contributed by atoms with Crippen LogP contribution < -0.4 is 10.6 Å². The van der Waals surface area contributed by atoms with Crippen molar-refractivity contribution in [2.75, 3.05) is 18.9 Å². The van der Waals surface area contributed by atoms with E-state index in [0.717, 1.165) is 33.9 Å². The van der Waals surface area contributed by atoms with Crippen LogP contribution in [0.15, 0.2) is 40.9 Å². The van der Waals surface area contributed by atoms with Crippen molar-refractivity contribution in [1.29, 1.82) is 0 Å². The van der Waals surface area contributed by atoms with E-state index in [1.165, 1.54) is 0 Å². The van der Waals surface area contributed by atoms with Gasteiger partial charge in [0.25, 0.3) is 0 Å². The minimum atomic E-state index is 0.0618. The van der Waals surface area contributed by atoms with Crippen molar-refractivity contribution < 1.29 is 4.79 Å². The number of halogens is 1. The summed E-state index contributed by atoms with van der Waals surface area (Å²) < 4.78 is 1.06. The first-order valence-electron chi connectivity index (χ1n) is 6.33. The molecule has 100 valence electrons. The number of anilines is 1. The third-order valence-electron chi connectivity index (χ3n) is 2.92. The number of amides is 1. The summed E-state index contributed by atoms with van der Waals surface area (Å²) in [4.78, 5) is 11.7. The summed E-state index contributed by atoms with van der Waals surface area (Å²) in [6, 6.07) is 12.1. The summed E-state index contributed by atoms with van der Waals surface area (Å²) in [6.07, 6.45) is 1.39. The molecule has 0 radical (unpaired) electrons. The molecule has 2 N–H and O–H groups in total. The van der Waals surface area contributed by atoms with Gasteiger partial charge in [0.05, 0.1) is 0 Å². The maximum absolute atomic E-state index is 11.7. The van der Waals surface area contributed by atoms with Gasteiger partial charge in [-0.2, -0.15) is 0 Å². The summed E-state index contributed by atoms with van der Waals surface area (Å²) in [6.45, 7) is 0.860. The molecule has 0 saturated carbocycles. The van der Waals surface area contributed by atoms with Gasteiger partial charge in [-0.3, -0.25) is 4.79 Å². The average molecular weight is 321 g/mol. The Bertz CT molecular complexity index is 583. The molecular weight excluding hydrogens is 304 g/mol. The first kappa shape index (κ1) is 14.0. The maximum Gasteiger partial charge on any atom is 0.224 e. The van der Waals surface area contributed by atoms with Crippen LogP contribution >= 0.6 is 15.9 Å². The highest BCUT2D eigenvalue weighted by Gasteiger charge is 2.03. The molecule has 0 bridgehead atoms. The highest BCUT2D eigenvalue weighted by Crippen LogP contribution is 2.23. The van der Waals surface area contributed by atoms with E-state index in [1.54, 1.807) is 0 Å². The van der Waals surface area contributed by atoms with Crippen LogP contribution in [-0.4, -0.2) is 19.5 Å². The van der Waals surface area contributed by atoms with Gasteiger partial charge in [-0.15, -0.1) is 0 Å². The average Bonchev–Trinajstić information content (AvgIpc) is 2.39. The van der Waals surface area contributed by atoms with Crippen LogP contribution in [-0.2, 0) is 4.79 Å². The van der Waals surface area contributed by atoms with Gasteiger partial charge in [-0.25, -0.2) is 0 Å². The fraction of sp³-hybridized carbons (Fsp3) is 0.267. The predicted molar refractivity (Wildman–Crippen MR) is 83.4 cm³/mol. The topological polar surface area (TPSA) is 41.1 Å². The quantitative estimate of drug-likeness (QED) is 0.827. The first-order valence-corrected chi connectivity index (χ1v) is 7.12. The Labute approximate surface area is 121 Å². The number of hydrogen-bond donors (Lipinski definition) is 2. The van der Waals surface area contributed by atoms with Crippen LogP contribution in [0, 0.1) is 0 Å². The Kier molecular flexibility index (Phi) is 4.93. The van der Waals surface area contributed by atoms with E-state index < -0.39 is 0 Å². The molecule has 2 rings (SSSR count). The molecule has 0 aromatic heterocycles. The lowest BCUT2D eigenvalue weighted by molar-refractivity contribution is -0.116. The number of fused-ring (bicyclic) bond motifs is 1. The Morgan fingerprint density at radius 3 is 2.68 bits per heavy atom. The van der Waals surface area contributed by atoms with Crippen molar-refractivity contribution in [2.45, 2.75) is 12.8 Å². The van der Waals surface area contributed by atoms with Gasteiger partial charge in [0.2, 0.25) is 5.91 Å². The van der Waals surface area contributed by atoms with E-state index in [0.29, 0.717) is 6.42 Å². The summed E-state index contributed by atoms with van der Waals surface area (Å²) in [5.41, 5.74) is 0.851. The van der Waals surface area contributed by atoms with Gasteiger partial charge in [-0.1, -0.05) is 28.1 Å². The predicted octanol–water partition coefficient (Wildman–Crippen LogP) is 3.54. The van der Waals surface area contributed by atoms with Crippen molar-refractivity contribution in [3.05, 3.63) is 40.9 Å². The number of carbonyl (C=O) groups is 1. The molecule has 3 nitrogen and oxygen atoms in total. The van der Waals surface area contributed by atoms with Crippen molar-refractivity contribution in [3.8, 4) is 0 Å². The van der Waals surface area contributed by atoms with Crippen molar-refractivity contribution >= 4 is 38.3 Å². The molecule has 0 fully saturated rings. The third kappa shape index (κ3) is 4.04. The van der Waals surface area contributed by atoms with Crippen molar-refractivity contribution in [2.24, 2.45) is 0 Å². The molecule has 0 spiro atoms. The lowest BCUT2D eigenvalue weighted by Gasteiger charge is -2.07. The molecule has 1 amide bonds. The third-order valence-corrected chi connectivity index (χ3v) is 3.41. The molecule has 0 atom stereocenters. The zero-order chi connectivity index (χ0) is 13.7. The summed E-state index contributed by atoms with van der Waals surface area (Å²) in [5, 5.41) is 8.24. The number of nitrogens with one attached hydrogen (secondary N) is 2. The second kappa shape index (κ2) is 6.68. The molecule has 0 unspecified atom stereocenters. The van der Waals surface area contributed by atoms with Crippen LogP contribution in [0.3, 0.4) is 0 Å². The molecule has 0 aliphatic heterocycles. The van der Waals surface area contributed by atoms with Gasteiger partial charge in [-0.05, 0) is 55.1 Å². The lowest BCUT2D eigenvalue weighted by atomic mass is 10.1. The normalized spacial score (nSPS) is 10.6. The largest absolute Gasteiger partial charge is 0.326 e. The van der Waals surface area contributed by atoms with Crippen LogP contribution in [0.4, 0.5) is 5.69 Å². The number of hydrogen-bond acceptors (Lipinski definition) is 2. The Morgan fingerprint density at radius 1 is 1.16 bits per heavy atom. The van der Waals surface area contributed by atoms with Crippen LogP contribution in [0.1, 0.15) is 12.8 Å². The molecule has 0 aliphatic carbocycles. The minimum absolute atomic E-state index is 0.0618. The molecule has 0 aliphatic rings. The zero-order valence-electron chi connectivity index (χ0n) is 10.9. The Morgan fingerprint density at radius 2 is 1.89 bits per heavy atom. The fourth-order valence-corrected chi connectivity index (χ4v) is 2.32.